The maximum Gasteiger partial charge on any atom is 0.308 e. The molecule has 0 N–H and O–H groups in total. The highest BCUT2D eigenvalue weighted by Gasteiger charge is 2.19. The average Bonchev–Trinajstić information content (AvgIpc) is 2.50. The third kappa shape index (κ3) is 2.63. The van der Waals surface area contributed by atoms with Crippen LogP contribution in [0.2, 0.25) is 5.15 Å². The van der Waals surface area contributed by atoms with Gasteiger partial charge in [-0.25, -0.2) is 14.4 Å². The summed E-state index contributed by atoms with van der Waals surface area (Å²) < 4.78 is 20.5. The molecular weight excluding hydrogens is 337 g/mol. The summed E-state index contributed by atoms with van der Waals surface area (Å²) in [4.78, 5) is 31.8. The molecule has 3 aromatic rings. The number of aromatic nitrogens is 3. The van der Waals surface area contributed by atoms with Crippen LogP contribution in [0.15, 0.2) is 35.4 Å². The second kappa shape index (κ2) is 6.01. The molecule has 0 saturated carbocycles. The largest absolute Gasteiger partial charge is 0.424 e. The summed E-state index contributed by atoms with van der Waals surface area (Å²) in [6.45, 7) is 2.80. The van der Waals surface area contributed by atoms with Gasteiger partial charge in [0, 0.05) is 18.0 Å². The Morgan fingerprint density at radius 2 is 2.08 bits per heavy atom. The van der Waals surface area contributed by atoms with Crippen molar-refractivity contribution in [2.75, 3.05) is 0 Å². The first-order valence-electron chi connectivity index (χ1n) is 6.90. The smallest absolute Gasteiger partial charge is 0.308 e. The molecule has 1 aromatic carbocycles. The van der Waals surface area contributed by atoms with Gasteiger partial charge in [-0.2, -0.15) is 0 Å². The number of rotatable bonds is 2. The fourth-order valence-corrected chi connectivity index (χ4v) is 2.63. The van der Waals surface area contributed by atoms with E-state index in [9.17, 15) is 14.0 Å². The molecule has 2 aromatic heterocycles. The van der Waals surface area contributed by atoms with E-state index in [4.69, 9.17) is 16.3 Å². The van der Waals surface area contributed by atoms with E-state index in [1.54, 1.807) is 13.0 Å². The predicted molar refractivity (Wildman–Crippen MR) is 86.1 cm³/mol. The van der Waals surface area contributed by atoms with Crippen molar-refractivity contribution in [1.82, 2.24) is 14.5 Å². The first-order valence-corrected chi connectivity index (χ1v) is 7.28. The molecule has 3 rings (SSSR count). The van der Waals surface area contributed by atoms with Gasteiger partial charge in [0.2, 0.25) is 0 Å². The number of hydrogen-bond acceptors (Lipinski definition) is 5. The second-order valence-corrected chi connectivity index (χ2v) is 5.39. The van der Waals surface area contributed by atoms with Crippen LogP contribution >= 0.6 is 11.6 Å². The fourth-order valence-electron chi connectivity index (χ4n) is 2.44. The molecule has 0 aliphatic heterocycles. The third-order valence-electron chi connectivity index (χ3n) is 3.37. The fraction of sp³-hybridized carbons (Fsp3) is 0.125. The number of nitrogens with zero attached hydrogens (tertiary/aromatic N) is 3. The summed E-state index contributed by atoms with van der Waals surface area (Å²) in [6, 6.07) is 5.54. The second-order valence-electron chi connectivity index (χ2n) is 5.03. The molecule has 0 saturated heterocycles. The number of hydrogen-bond donors (Lipinski definition) is 0. The Morgan fingerprint density at radius 3 is 2.79 bits per heavy atom. The number of para-hydroxylation sites is 1. The number of benzene rings is 1. The van der Waals surface area contributed by atoms with Gasteiger partial charge in [0.25, 0.3) is 5.56 Å². The van der Waals surface area contributed by atoms with Gasteiger partial charge in [-0.15, -0.1) is 0 Å². The van der Waals surface area contributed by atoms with Crippen molar-refractivity contribution in [3.05, 3.63) is 57.6 Å². The van der Waals surface area contributed by atoms with E-state index < -0.39 is 17.3 Å². The van der Waals surface area contributed by atoms with Crippen LogP contribution in [-0.2, 0) is 4.79 Å². The van der Waals surface area contributed by atoms with Gasteiger partial charge in [0.1, 0.15) is 22.7 Å². The van der Waals surface area contributed by atoms with Gasteiger partial charge < -0.3 is 4.74 Å². The third-order valence-corrected chi connectivity index (χ3v) is 3.68. The van der Waals surface area contributed by atoms with Gasteiger partial charge in [-0.1, -0.05) is 17.7 Å². The minimum absolute atomic E-state index is 0.0395. The Balaban J connectivity index is 2.40. The Bertz CT molecular complexity index is 1030. The topological polar surface area (TPSA) is 74.1 Å². The Kier molecular flexibility index (Phi) is 4.02. The van der Waals surface area contributed by atoms with E-state index in [0.717, 1.165) is 10.9 Å². The molecule has 0 aliphatic carbocycles. The summed E-state index contributed by atoms with van der Waals surface area (Å²) in [7, 11) is 0. The highest BCUT2D eigenvalue weighted by atomic mass is 35.5. The molecular formula is C16H11ClFN3O3. The first-order chi connectivity index (χ1) is 11.4. The average molecular weight is 348 g/mol. The summed E-state index contributed by atoms with van der Waals surface area (Å²) in [6.07, 6.45) is 1.15. The minimum Gasteiger partial charge on any atom is -0.424 e. The highest BCUT2D eigenvalue weighted by Crippen LogP contribution is 2.28. The molecule has 0 amide bonds. The standard InChI is InChI=1S/C16H11ClFN3O3/c1-8-6-10-13(19-7-20-15(10)17)16(23)21(8)14-11(18)4-3-5-12(14)24-9(2)22/h3-7H,1-2H3. The van der Waals surface area contributed by atoms with Crippen molar-refractivity contribution in [2.45, 2.75) is 13.8 Å². The van der Waals surface area contributed by atoms with E-state index in [1.807, 2.05) is 0 Å². The van der Waals surface area contributed by atoms with Crippen molar-refractivity contribution in [1.29, 1.82) is 0 Å². The van der Waals surface area contributed by atoms with E-state index in [2.05, 4.69) is 9.97 Å². The van der Waals surface area contributed by atoms with Crippen LogP contribution in [0.3, 0.4) is 0 Å². The number of aryl methyl sites for hydroxylation is 1. The van der Waals surface area contributed by atoms with Crippen LogP contribution in [-0.4, -0.2) is 20.5 Å². The molecule has 0 unspecified atom stereocenters. The maximum atomic E-state index is 14.4. The molecule has 2 heterocycles. The van der Waals surface area contributed by atoms with Crippen molar-refractivity contribution < 1.29 is 13.9 Å². The molecule has 24 heavy (non-hydrogen) atoms. The highest BCUT2D eigenvalue weighted by molar-refractivity contribution is 6.33. The number of esters is 1. The van der Waals surface area contributed by atoms with Crippen LogP contribution in [0, 0.1) is 12.7 Å². The maximum absolute atomic E-state index is 14.4. The van der Waals surface area contributed by atoms with Gasteiger partial charge >= 0.3 is 5.97 Å². The Labute approximate surface area is 140 Å². The summed E-state index contributed by atoms with van der Waals surface area (Å²) in [5.74, 6) is -1.40. The first kappa shape index (κ1) is 16.1. The zero-order valence-electron chi connectivity index (χ0n) is 12.7. The van der Waals surface area contributed by atoms with Gasteiger partial charge in [0.15, 0.2) is 11.6 Å². The zero-order valence-corrected chi connectivity index (χ0v) is 13.5. The van der Waals surface area contributed by atoms with E-state index in [0.29, 0.717) is 11.1 Å². The van der Waals surface area contributed by atoms with Crippen LogP contribution in [0.25, 0.3) is 16.6 Å². The lowest BCUT2D eigenvalue weighted by atomic mass is 10.2. The lowest BCUT2D eigenvalue weighted by molar-refractivity contribution is -0.131. The number of carbonyl (C=O) groups is 1. The van der Waals surface area contributed by atoms with E-state index >= 15 is 0 Å². The van der Waals surface area contributed by atoms with Gasteiger partial charge in [-0.05, 0) is 25.1 Å². The van der Waals surface area contributed by atoms with Crippen molar-refractivity contribution in [2.24, 2.45) is 0 Å². The lowest BCUT2D eigenvalue weighted by Crippen LogP contribution is -2.23. The van der Waals surface area contributed by atoms with E-state index in [1.165, 1.54) is 25.1 Å². The molecule has 122 valence electrons. The lowest BCUT2D eigenvalue weighted by Gasteiger charge is -2.15. The monoisotopic (exact) mass is 347 g/mol. The summed E-state index contributed by atoms with van der Waals surface area (Å²) in [5, 5.41) is 0.490. The van der Waals surface area contributed by atoms with Crippen LogP contribution in [0.5, 0.6) is 5.75 Å². The molecule has 0 atom stereocenters. The summed E-state index contributed by atoms with van der Waals surface area (Å²) in [5.41, 5.74) is -0.319. The molecule has 0 spiro atoms. The van der Waals surface area contributed by atoms with E-state index in [-0.39, 0.29) is 22.1 Å². The van der Waals surface area contributed by atoms with Crippen molar-refractivity contribution in [3.8, 4) is 11.4 Å². The van der Waals surface area contributed by atoms with Crippen LogP contribution in [0.1, 0.15) is 12.6 Å². The Hall–Kier alpha value is -2.80. The summed E-state index contributed by atoms with van der Waals surface area (Å²) >= 11 is 5.99. The molecule has 0 bridgehead atoms. The Morgan fingerprint density at radius 1 is 1.33 bits per heavy atom. The van der Waals surface area contributed by atoms with Crippen LogP contribution < -0.4 is 10.3 Å². The number of pyridine rings is 1. The molecule has 0 aliphatic rings. The SMILES string of the molecule is CC(=O)Oc1cccc(F)c1-n1c(C)cc2c(Cl)ncnc2c1=O. The number of carbonyl (C=O) groups excluding carboxylic acids is 1. The van der Waals surface area contributed by atoms with Gasteiger partial charge in [0.05, 0.1) is 0 Å². The van der Waals surface area contributed by atoms with Crippen LogP contribution in [0.4, 0.5) is 4.39 Å². The predicted octanol–water partition coefficient (Wildman–Crippen LogP) is 2.81. The molecule has 8 heteroatoms. The molecule has 0 fully saturated rings. The minimum atomic E-state index is -0.710. The van der Waals surface area contributed by atoms with Gasteiger partial charge in [-0.3, -0.25) is 14.2 Å². The molecule has 6 nitrogen and oxygen atoms in total. The molecule has 0 radical (unpaired) electrons. The number of halogens is 2. The quantitative estimate of drug-likeness (QED) is 0.405. The number of ether oxygens (including phenoxy) is 1. The number of fused-ring (bicyclic) bond motifs is 1. The zero-order chi connectivity index (χ0) is 17.4. The normalized spacial score (nSPS) is 10.8. The van der Waals surface area contributed by atoms with Crippen molar-refractivity contribution >= 4 is 28.5 Å². The van der Waals surface area contributed by atoms with Crippen molar-refractivity contribution in [3.63, 3.8) is 0 Å².